The molecule has 0 rings (SSSR count). The second-order valence-corrected chi connectivity index (χ2v) is 7.41. The van der Waals surface area contributed by atoms with E-state index in [2.05, 4.69) is 0 Å². The second-order valence-electron chi connectivity index (χ2n) is 1.27. The molecule has 0 bridgehead atoms. The molecule has 0 nitrogen and oxygen atoms in total. The number of alkyl halides is 4. The zero-order valence-corrected chi connectivity index (χ0v) is 9.84. The Morgan fingerprint density at radius 3 is 1.30 bits per heavy atom. The molecule has 56 valence electrons. The zero-order valence-electron chi connectivity index (χ0n) is 4.82. The molecule has 0 aliphatic rings. The molecular weight excluding hydrogens is 246 g/mol. The van der Waals surface area contributed by atoms with E-state index in [-0.39, 0.29) is 8.92 Å². The Morgan fingerprint density at radius 2 is 1.10 bits per heavy atom. The molecule has 0 aromatic rings. The molecule has 0 amide bonds. The smallest absolute Gasteiger partial charge is 0.110 e. The quantitative estimate of drug-likeness (QED) is 0.530. The van der Waals surface area contributed by atoms with Crippen molar-refractivity contribution < 1.29 is 0 Å². The van der Waals surface area contributed by atoms with Crippen molar-refractivity contribution in [2.24, 2.45) is 0 Å². The van der Waals surface area contributed by atoms with Gasteiger partial charge in [-0.2, -0.15) is 0 Å². The molecule has 6 heteroatoms. The molecule has 0 N–H and O–H groups in total. The molecule has 0 aliphatic heterocycles. The van der Waals surface area contributed by atoms with Gasteiger partial charge < -0.3 is 0 Å². The van der Waals surface area contributed by atoms with Crippen LogP contribution in [0.2, 0.25) is 0 Å². The lowest BCUT2D eigenvalue weighted by molar-refractivity contribution is 1.87. The van der Waals surface area contributed by atoms with Gasteiger partial charge in [0.15, 0.2) is 0 Å². The number of rotatable bonds is 4. The van der Waals surface area contributed by atoms with E-state index in [1.54, 1.807) is 0 Å². The minimum Gasteiger partial charge on any atom is -0.110 e. The van der Waals surface area contributed by atoms with Crippen LogP contribution in [0, 0.1) is 0 Å². The van der Waals surface area contributed by atoms with Gasteiger partial charge in [0.2, 0.25) is 0 Å². The Morgan fingerprint density at radius 1 is 0.800 bits per heavy atom. The minimum absolute atomic E-state index is 0.301. The van der Waals surface area contributed by atoms with Gasteiger partial charge in [0.1, 0.15) is 19.0 Å². The van der Waals surface area contributed by atoms with Crippen LogP contribution in [0.3, 0.4) is 0 Å². The van der Waals surface area contributed by atoms with Crippen LogP contribution >= 0.6 is 46.4 Å². The molecule has 0 aromatic heterocycles. The fourth-order valence-corrected chi connectivity index (χ4v) is 2.18. The van der Waals surface area contributed by atoms with Crippen molar-refractivity contribution in [2.75, 3.05) is 0 Å². The van der Waals surface area contributed by atoms with Crippen LogP contribution in [-0.4, -0.2) is 28.0 Å². The summed E-state index contributed by atoms with van der Waals surface area (Å²) >= 11 is 21.8. The molecule has 0 fully saturated rings. The highest BCUT2D eigenvalue weighted by Gasteiger charge is 1.97. The van der Waals surface area contributed by atoms with Crippen molar-refractivity contribution in [3.8, 4) is 0 Å². The Balaban J connectivity index is 3.20. The summed E-state index contributed by atoms with van der Waals surface area (Å²) in [6.45, 7) is 0. The fourth-order valence-electron chi connectivity index (χ4n) is 0.242. The predicted molar refractivity (Wildman–Crippen MR) is 51.6 cm³/mol. The summed E-state index contributed by atoms with van der Waals surface area (Å²) in [5.74, 6) is 0. The maximum Gasteiger partial charge on any atom is 0.113 e. The summed E-state index contributed by atoms with van der Waals surface area (Å²) in [5, 5.41) is 0. The molecule has 0 aliphatic carbocycles. The number of halogens is 4. The van der Waals surface area contributed by atoms with Gasteiger partial charge in [0, 0.05) is 0 Å². The van der Waals surface area contributed by atoms with Gasteiger partial charge in [-0.25, -0.2) is 0 Å². The highest BCUT2D eigenvalue weighted by atomic mass is 35.5. The third-order valence-corrected chi connectivity index (χ3v) is 3.60. The van der Waals surface area contributed by atoms with E-state index in [9.17, 15) is 0 Å². The van der Waals surface area contributed by atoms with Gasteiger partial charge in [-0.05, 0) is 0 Å². The van der Waals surface area contributed by atoms with Crippen LogP contribution in [-0.2, 0) is 0 Å². The fraction of sp³-hybridized carbons (Fsp3) is 0.500. The van der Waals surface area contributed by atoms with Gasteiger partial charge in [0.05, 0.1) is 8.92 Å². The lowest BCUT2D eigenvalue weighted by Gasteiger charge is -1.91. The first-order valence-corrected chi connectivity index (χ1v) is 6.42. The van der Waals surface area contributed by atoms with Crippen molar-refractivity contribution in [3.05, 3.63) is 11.4 Å². The summed E-state index contributed by atoms with van der Waals surface area (Å²) in [6, 6.07) is 0. The Kier molecular flexibility index (Phi) is 7.94. The Bertz CT molecular complexity index is 91.4. The van der Waals surface area contributed by atoms with Crippen molar-refractivity contribution in [1.82, 2.24) is 0 Å². The largest absolute Gasteiger partial charge is 0.113 e. The van der Waals surface area contributed by atoms with E-state index in [1.165, 1.54) is 0 Å². The van der Waals surface area contributed by atoms with Crippen LogP contribution < -0.4 is 0 Å². The normalized spacial score (nSPS) is 12.2. The molecule has 10 heavy (non-hydrogen) atoms. The lowest BCUT2D eigenvalue weighted by atomic mass is 11.2. The maximum absolute atomic E-state index is 5.46. The van der Waals surface area contributed by atoms with E-state index < -0.39 is 0 Å². The highest BCUT2D eigenvalue weighted by molar-refractivity contribution is 6.74. The number of hydrogen-bond donors (Lipinski definition) is 0. The first-order chi connectivity index (χ1) is 4.63. The van der Waals surface area contributed by atoms with E-state index in [0.717, 1.165) is 0 Å². The SMILES string of the molecule is ClC(Cl)[Si]/C=C/[Si]C(Cl)Cl. The Labute approximate surface area is 85.5 Å². The van der Waals surface area contributed by atoms with Crippen LogP contribution in [0.15, 0.2) is 11.4 Å². The van der Waals surface area contributed by atoms with Crippen LogP contribution in [0.5, 0.6) is 0 Å². The minimum atomic E-state index is -0.301. The number of hydrogen-bond acceptors (Lipinski definition) is 0. The molecule has 0 unspecified atom stereocenters. The molecule has 0 heterocycles. The average Bonchev–Trinajstić information content (AvgIpc) is 1.79. The molecule has 0 spiro atoms. The van der Waals surface area contributed by atoms with Crippen LogP contribution in [0.4, 0.5) is 0 Å². The molecule has 4 radical (unpaired) electrons. The third kappa shape index (κ3) is 9.33. The van der Waals surface area contributed by atoms with Crippen molar-refractivity contribution >= 4 is 65.4 Å². The standard InChI is InChI=1S/C4H4Cl4Si2/c5-3(6)9-1-2-10-4(7)8/h1-4H/b2-1+. The van der Waals surface area contributed by atoms with Gasteiger partial charge in [-0.3, -0.25) is 0 Å². The monoisotopic (exact) mass is 248 g/mol. The Hall–Kier alpha value is 1.33. The summed E-state index contributed by atoms with van der Waals surface area (Å²) in [5.41, 5.74) is 3.81. The summed E-state index contributed by atoms with van der Waals surface area (Å²) in [7, 11) is 0.856. The molecule has 0 aromatic carbocycles. The molecule has 0 saturated carbocycles. The van der Waals surface area contributed by atoms with Gasteiger partial charge in [-0.15, -0.1) is 57.8 Å². The second kappa shape index (κ2) is 7.01. The first-order valence-electron chi connectivity index (χ1n) is 2.36. The zero-order chi connectivity index (χ0) is 7.98. The predicted octanol–water partition coefficient (Wildman–Crippen LogP) is 2.39. The van der Waals surface area contributed by atoms with Crippen molar-refractivity contribution in [3.63, 3.8) is 0 Å². The van der Waals surface area contributed by atoms with Crippen molar-refractivity contribution in [1.29, 1.82) is 0 Å². The van der Waals surface area contributed by atoms with E-state index in [4.69, 9.17) is 46.4 Å². The summed E-state index contributed by atoms with van der Waals surface area (Å²) in [6.07, 6.45) is 0. The highest BCUT2D eigenvalue weighted by Crippen LogP contribution is 2.00. The topological polar surface area (TPSA) is 0 Å². The van der Waals surface area contributed by atoms with Crippen molar-refractivity contribution in [2.45, 2.75) is 8.92 Å². The van der Waals surface area contributed by atoms with Gasteiger partial charge in [-0.1, -0.05) is 0 Å². The van der Waals surface area contributed by atoms with E-state index in [1.807, 2.05) is 11.4 Å². The lowest BCUT2D eigenvalue weighted by Crippen LogP contribution is -2.01. The molecular formula is C4H4Cl4Si2. The van der Waals surface area contributed by atoms with Gasteiger partial charge in [0.25, 0.3) is 0 Å². The first kappa shape index (κ1) is 11.3. The van der Waals surface area contributed by atoms with Crippen LogP contribution in [0.25, 0.3) is 0 Å². The van der Waals surface area contributed by atoms with Crippen LogP contribution in [0.1, 0.15) is 0 Å². The molecule has 0 atom stereocenters. The molecule has 0 saturated heterocycles. The van der Waals surface area contributed by atoms with E-state index >= 15 is 0 Å². The summed E-state index contributed by atoms with van der Waals surface area (Å²) in [4.78, 5) is 0. The summed E-state index contributed by atoms with van der Waals surface area (Å²) < 4.78 is -0.602. The maximum atomic E-state index is 5.46. The van der Waals surface area contributed by atoms with E-state index in [0.29, 0.717) is 19.0 Å². The average molecular weight is 250 g/mol. The third-order valence-electron chi connectivity index (χ3n) is 0.528. The van der Waals surface area contributed by atoms with Gasteiger partial charge >= 0.3 is 0 Å².